The predicted molar refractivity (Wildman–Crippen MR) is 82.1 cm³/mol. The molecule has 0 saturated carbocycles. The monoisotopic (exact) mass is 305 g/mol. The van der Waals surface area contributed by atoms with Gasteiger partial charge >= 0.3 is 0 Å². The largest absolute Gasteiger partial charge is 0.310 e. The number of fused-ring (bicyclic) bond motifs is 1. The van der Waals surface area contributed by atoms with E-state index in [-0.39, 0.29) is 11.7 Å². The minimum absolute atomic E-state index is 0.0135. The number of rotatable bonds is 4. The minimum Gasteiger partial charge on any atom is -0.310 e. The quantitative estimate of drug-likeness (QED) is 0.940. The van der Waals surface area contributed by atoms with Crippen molar-refractivity contribution in [2.24, 2.45) is 0 Å². The summed E-state index contributed by atoms with van der Waals surface area (Å²) in [6.07, 6.45) is 1.28. The summed E-state index contributed by atoms with van der Waals surface area (Å²) < 4.78 is 14.8. The number of anilines is 1. The van der Waals surface area contributed by atoms with Gasteiger partial charge in [-0.2, -0.15) is 16.9 Å². The van der Waals surface area contributed by atoms with Crippen molar-refractivity contribution in [3.63, 3.8) is 0 Å². The fourth-order valence-electron chi connectivity index (χ4n) is 2.33. The Labute approximate surface area is 126 Å². The zero-order chi connectivity index (χ0) is 14.8. The molecule has 6 heteroatoms. The predicted octanol–water partition coefficient (Wildman–Crippen LogP) is 3.50. The maximum absolute atomic E-state index is 13.1. The Bertz CT molecular complexity index is 666. The highest BCUT2D eigenvalue weighted by molar-refractivity contribution is 7.98. The maximum Gasteiger partial charge on any atom is 0.225 e. The van der Waals surface area contributed by atoms with Crippen LogP contribution in [0, 0.1) is 5.82 Å². The van der Waals surface area contributed by atoms with Crippen molar-refractivity contribution < 1.29 is 9.18 Å². The zero-order valence-corrected chi connectivity index (χ0v) is 12.5. The molecule has 4 nitrogen and oxygen atoms in total. The van der Waals surface area contributed by atoms with Gasteiger partial charge in [0, 0.05) is 23.5 Å². The molecule has 0 radical (unpaired) electrons. The molecule has 1 aromatic heterocycles. The number of nitrogens with one attached hydrogen (secondary N) is 1. The molecule has 0 spiro atoms. The number of amides is 1. The summed E-state index contributed by atoms with van der Waals surface area (Å²) in [6.45, 7) is 1.97. The van der Waals surface area contributed by atoms with Gasteiger partial charge in [0.15, 0.2) is 0 Å². The van der Waals surface area contributed by atoms with Gasteiger partial charge in [0.2, 0.25) is 5.91 Å². The zero-order valence-electron chi connectivity index (χ0n) is 11.7. The molecule has 1 aromatic carbocycles. The second-order valence-corrected chi connectivity index (χ2v) is 5.94. The molecule has 2 aromatic rings. The van der Waals surface area contributed by atoms with Crippen molar-refractivity contribution in [1.82, 2.24) is 9.78 Å². The molecule has 0 fully saturated rings. The van der Waals surface area contributed by atoms with Crippen LogP contribution in [0.4, 0.5) is 10.2 Å². The molecule has 3 rings (SSSR count). The number of carbonyl (C=O) groups excluding carboxylic acids is 1. The number of nitrogens with zero attached hydrogens (tertiary/aromatic N) is 2. The summed E-state index contributed by atoms with van der Waals surface area (Å²) in [5.41, 5.74) is 2.83. The third-order valence-electron chi connectivity index (χ3n) is 3.36. The Morgan fingerprint density at radius 1 is 1.38 bits per heavy atom. The van der Waals surface area contributed by atoms with Crippen LogP contribution in [-0.2, 0) is 16.3 Å². The van der Waals surface area contributed by atoms with E-state index in [1.165, 1.54) is 12.1 Å². The Hall–Kier alpha value is -1.82. The average Bonchev–Trinajstić information content (AvgIpc) is 3.03. The summed E-state index contributed by atoms with van der Waals surface area (Å²) >= 11 is 1.78. The average molecular weight is 305 g/mol. The van der Waals surface area contributed by atoms with Gasteiger partial charge in [0.1, 0.15) is 11.6 Å². The van der Waals surface area contributed by atoms with Crippen molar-refractivity contribution in [2.45, 2.75) is 31.3 Å². The summed E-state index contributed by atoms with van der Waals surface area (Å²) in [5.74, 6) is 2.12. The lowest BCUT2D eigenvalue weighted by Gasteiger charge is -2.10. The van der Waals surface area contributed by atoms with Crippen LogP contribution in [-0.4, -0.2) is 15.7 Å². The van der Waals surface area contributed by atoms with Gasteiger partial charge < -0.3 is 5.32 Å². The van der Waals surface area contributed by atoms with E-state index in [2.05, 4.69) is 10.4 Å². The second kappa shape index (κ2) is 5.89. The summed E-state index contributed by atoms with van der Waals surface area (Å²) in [6, 6.07) is 6.13. The third-order valence-corrected chi connectivity index (χ3v) is 4.33. The van der Waals surface area contributed by atoms with E-state index in [4.69, 9.17) is 0 Å². The van der Waals surface area contributed by atoms with Gasteiger partial charge in [0.05, 0.1) is 11.4 Å². The number of carbonyl (C=O) groups is 1. The lowest BCUT2D eigenvalue weighted by atomic mass is 10.2. The number of aromatic nitrogens is 2. The smallest absolute Gasteiger partial charge is 0.225 e. The number of hydrogen-bond donors (Lipinski definition) is 1. The SMILES string of the molecule is CCCC(=O)Nc1c2c(nn1-c1ccc(F)cc1)CSC2. The fraction of sp³-hybridized carbons (Fsp3) is 0.333. The molecule has 1 amide bonds. The molecule has 110 valence electrons. The van der Waals surface area contributed by atoms with Crippen molar-refractivity contribution in [3.05, 3.63) is 41.3 Å². The molecular formula is C15H16FN3OS. The summed E-state index contributed by atoms with van der Waals surface area (Å²) in [5, 5.41) is 7.52. The van der Waals surface area contributed by atoms with Crippen molar-refractivity contribution >= 4 is 23.5 Å². The molecule has 21 heavy (non-hydrogen) atoms. The molecule has 1 aliphatic rings. The first-order chi connectivity index (χ1) is 10.2. The molecule has 0 atom stereocenters. The van der Waals surface area contributed by atoms with Crippen LogP contribution in [0.3, 0.4) is 0 Å². The van der Waals surface area contributed by atoms with Crippen molar-refractivity contribution in [2.75, 3.05) is 5.32 Å². The standard InChI is InChI=1S/C15H16FN3OS/c1-2-3-14(20)17-15-12-8-21-9-13(12)18-19(15)11-6-4-10(16)5-7-11/h4-7H,2-3,8-9H2,1H3,(H,17,20). The fourth-order valence-corrected chi connectivity index (χ4v) is 3.37. The van der Waals surface area contributed by atoms with Crippen LogP contribution in [0.5, 0.6) is 0 Å². The Morgan fingerprint density at radius 3 is 2.86 bits per heavy atom. The molecule has 0 aliphatic carbocycles. The van der Waals surface area contributed by atoms with Gasteiger partial charge in [0.25, 0.3) is 0 Å². The van der Waals surface area contributed by atoms with E-state index in [9.17, 15) is 9.18 Å². The van der Waals surface area contributed by atoms with Gasteiger partial charge in [-0.15, -0.1) is 0 Å². The minimum atomic E-state index is -0.287. The summed E-state index contributed by atoms with van der Waals surface area (Å²) in [7, 11) is 0. The Morgan fingerprint density at radius 2 is 2.14 bits per heavy atom. The highest BCUT2D eigenvalue weighted by Gasteiger charge is 2.24. The molecule has 0 unspecified atom stereocenters. The highest BCUT2D eigenvalue weighted by atomic mass is 32.2. The normalized spacial score (nSPS) is 13.2. The molecule has 1 aliphatic heterocycles. The van der Waals surface area contributed by atoms with E-state index in [0.717, 1.165) is 40.7 Å². The van der Waals surface area contributed by atoms with Crippen LogP contribution in [0.25, 0.3) is 5.69 Å². The molecule has 0 bridgehead atoms. The number of thioether (sulfide) groups is 1. The molecule has 0 saturated heterocycles. The Kier molecular flexibility index (Phi) is 3.96. The first kappa shape index (κ1) is 14.1. The van der Waals surface area contributed by atoms with Gasteiger partial charge in [-0.1, -0.05) is 6.92 Å². The van der Waals surface area contributed by atoms with Crippen molar-refractivity contribution in [1.29, 1.82) is 0 Å². The lowest BCUT2D eigenvalue weighted by molar-refractivity contribution is -0.116. The van der Waals surface area contributed by atoms with Crippen LogP contribution >= 0.6 is 11.8 Å². The number of hydrogen-bond acceptors (Lipinski definition) is 3. The molecule has 1 N–H and O–H groups in total. The number of halogens is 1. The lowest BCUT2D eigenvalue weighted by Crippen LogP contribution is -2.15. The van der Waals surface area contributed by atoms with Crippen molar-refractivity contribution in [3.8, 4) is 5.69 Å². The summed E-state index contributed by atoms with van der Waals surface area (Å²) in [4.78, 5) is 11.9. The van der Waals surface area contributed by atoms with Gasteiger partial charge in [-0.3, -0.25) is 4.79 Å². The second-order valence-electron chi connectivity index (χ2n) is 4.95. The van der Waals surface area contributed by atoms with Crippen LogP contribution < -0.4 is 5.32 Å². The Balaban J connectivity index is 2.00. The first-order valence-corrected chi connectivity index (χ1v) is 8.09. The van der Waals surface area contributed by atoms with Gasteiger partial charge in [-0.25, -0.2) is 9.07 Å². The van der Waals surface area contributed by atoms with Crippen LogP contribution in [0.2, 0.25) is 0 Å². The topological polar surface area (TPSA) is 46.9 Å². The van der Waals surface area contributed by atoms with E-state index in [0.29, 0.717) is 6.42 Å². The van der Waals surface area contributed by atoms with E-state index in [1.807, 2.05) is 6.92 Å². The van der Waals surface area contributed by atoms with E-state index >= 15 is 0 Å². The van der Waals surface area contributed by atoms with Gasteiger partial charge in [-0.05, 0) is 30.7 Å². The van der Waals surface area contributed by atoms with E-state index in [1.54, 1.807) is 28.6 Å². The first-order valence-electron chi connectivity index (χ1n) is 6.93. The number of benzene rings is 1. The van der Waals surface area contributed by atoms with Crippen LogP contribution in [0.15, 0.2) is 24.3 Å². The maximum atomic E-state index is 13.1. The van der Waals surface area contributed by atoms with E-state index < -0.39 is 0 Å². The molecule has 2 heterocycles. The van der Waals surface area contributed by atoms with Crippen LogP contribution in [0.1, 0.15) is 31.0 Å². The third kappa shape index (κ3) is 2.81. The highest BCUT2D eigenvalue weighted by Crippen LogP contribution is 2.36. The molecular weight excluding hydrogens is 289 g/mol.